The van der Waals surface area contributed by atoms with Gasteiger partial charge in [-0.25, -0.2) is 0 Å². The summed E-state index contributed by atoms with van der Waals surface area (Å²) >= 11 is 0. The van der Waals surface area contributed by atoms with Crippen molar-refractivity contribution in [2.24, 2.45) is 9.98 Å². The molecular weight excluding hydrogens is 432 g/mol. The van der Waals surface area contributed by atoms with Gasteiger partial charge in [-0.1, -0.05) is 65.5 Å². The van der Waals surface area contributed by atoms with Crippen molar-refractivity contribution in [3.63, 3.8) is 0 Å². The van der Waals surface area contributed by atoms with Crippen LogP contribution in [0.1, 0.15) is 112 Å². The maximum Gasteiger partial charge on any atom is 0.129 e. The van der Waals surface area contributed by atoms with Crippen LogP contribution in [0.3, 0.4) is 0 Å². The van der Waals surface area contributed by atoms with Gasteiger partial charge in [0.05, 0.1) is 0 Å². The third-order valence-corrected chi connectivity index (χ3v) is 6.42. The second-order valence-corrected chi connectivity index (χ2v) is 9.56. The van der Waals surface area contributed by atoms with E-state index in [1.165, 1.54) is 11.1 Å². The highest BCUT2D eigenvalue weighted by atomic mass is 16.3. The Morgan fingerprint density at radius 3 is 1.31 bits per heavy atom. The number of aromatic hydroxyl groups is 2. The fourth-order valence-electron chi connectivity index (χ4n) is 4.26. The van der Waals surface area contributed by atoms with Crippen LogP contribution in [0.15, 0.2) is 34.3 Å². The van der Waals surface area contributed by atoms with Crippen LogP contribution in [0.2, 0.25) is 0 Å². The fraction of sp³-hybridized carbons (Fsp3) is 0.548. The van der Waals surface area contributed by atoms with E-state index >= 15 is 0 Å². The lowest BCUT2D eigenvalue weighted by Crippen LogP contribution is -1.97. The molecule has 0 saturated carbocycles. The van der Waals surface area contributed by atoms with Gasteiger partial charge in [-0.15, -0.1) is 0 Å². The Morgan fingerprint density at radius 1 is 0.571 bits per heavy atom. The van der Waals surface area contributed by atoms with E-state index in [-0.39, 0.29) is 6.67 Å². The van der Waals surface area contributed by atoms with Crippen molar-refractivity contribution in [2.45, 2.75) is 105 Å². The quantitative estimate of drug-likeness (QED) is 0.240. The minimum Gasteiger partial charge on any atom is -0.507 e. The van der Waals surface area contributed by atoms with Crippen LogP contribution in [0.4, 0.5) is 0 Å². The van der Waals surface area contributed by atoms with Crippen LogP contribution in [-0.2, 0) is 25.7 Å². The van der Waals surface area contributed by atoms with Crippen LogP contribution in [0.25, 0.3) is 0 Å². The van der Waals surface area contributed by atoms with E-state index in [4.69, 9.17) is 0 Å². The van der Waals surface area contributed by atoms with E-state index < -0.39 is 0 Å². The second-order valence-electron chi connectivity index (χ2n) is 9.56. The van der Waals surface area contributed by atoms with Crippen molar-refractivity contribution in [3.8, 4) is 11.5 Å². The normalized spacial score (nSPS) is 11.8. The van der Waals surface area contributed by atoms with Crippen LogP contribution in [0.5, 0.6) is 11.5 Å². The molecule has 2 rings (SSSR count). The maximum atomic E-state index is 10.8. The molecule has 0 heterocycles. The van der Waals surface area contributed by atoms with Gasteiger partial charge in [0.15, 0.2) is 0 Å². The smallest absolute Gasteiger partial charge is 0.129 e. The van der Waals surface area contributed by atoms with E-state index in [0.717, 1.165) is 99.3 Å². The van der Waals surface area contributed by atoms with Crippen molar-refractivity contribution in [2.75, 3.05) is 6.67 Å². The minimum absolute atomic E-state index is 0.256. The number of aliphatic imine (C=N–C) groups is 2. The van der Waals surface area contributed by atoms with E-state index in [9.17, 15) is 10.2 Å². The third-order valence-electron chi connectivity index (χ3n) is 6.42. The molecule has 0 unspecified atom stereocenters. The number of phenolic OH excluding ortho intramolecular Hbond substituents is 2. The molecule has 0 atom stereocenters. The number of benzene rings is 2. The molecule has 0 bridgehead atoms. The zero-order valence-electron chi connectivity index (χ0n) is 22.4. The van der Waals surface area contributed by atoms with Crippen molar-refractivity contribution < 1.29 is 10.2 Å². The number of phenols is 2. The van der Waals surface area contributed by atoms with Gasteiger partial charge < -0.3 is 10.2 Å². The molecule has 0 radical (unpaired) electrons. The van der Waals surface area contributed by atoms with Crippen molar-refractivity contribution >= 4 is 12.4 Å². The molecule has 0 saturated heterocycles. The molecule has 0 aliphatic carbocycles. The standard InChI is InChI=1S/C31H46N2O2/c1-5-9-13-24-17-26(15-11-7-3)30(34)28(19-24)21-32-23-33-22-29-20-25(14-10-6-2)18-27(31(29)35)16-12-8-4/h17-22,34-35H,5-16,23H2,1-4H3. The molecule has 0 aromatic heterocycles. The van der Waals surface area contributed by atoms with Gasteiger partial charge in [0.25, 0.3) is 0 Å². The molecule has 4 nitrogen and oxygen atoms in total. The molecule has 0 fully saturated rings. The van der Waals surface area contributed by atoms with Gasteiger partial charge in [-0.05, 0) is 85.8 Å². The van der Waals surface area contributed by atoms with Crippen LogP contribution in [0, 0.1) is 0 Å². The highest BCUT2D eigenvalue weighted by Crippen LogP contribution is 2.27. The minimum atomic E-state index is 0.256. The summed E-state index contributed by atoms with van der Waals surface area (Å²) < 4.78 is 0. The highest BCUT2D eigenvalue weighted by Gasteiger charge is 2.10. The number of hydrogen-bond donors (Lipinski definition) is 2. The fourth-order valence-corrected chi connectivity index (χ4v) is 4.26. The van der Waals surface area contributed by atoms with E-state index in [0.29, 0.717) is 11.5 Å². The molecular formula is C31H46N2O2. The summed E-state index contributed by atoms with van der Waals surface area (Å²) in [6, 6.07) is 8.41. The Hall–Kier alpha value is -2.62. The van der Waals surface area contributed by atoms with Gasteiger partial charge in [0.1, 0.15) is 18.2 Å². The van der Waals surface area contributed by atoms with Gasteiger partial charge >= 0.3 is 0 Å². The van der Waals surface area contributed by atoms with Gasteiger partial charge in [-0.2, -0.15) is 0 Å². The van der Waals surface area contributed by atoms with Crippen molar-refractivity contribution in [1.82, 2.24) is 0 Å². The molecule has 192 valence electrons. The first kappa shape index (κ1) is 28.6. The predicted octanol–water partition coefficient (Wildman–Crippen LogP) is 7.96. The molecule has 2 aromatic carbocycles. The summed E-state index contributed by atoms with van der Waals surface area (Å²) in [5, 5.41) is 21.6. The zero-order valence-corrected chi connectivity index (χ0v) is 22.4. The number of aryl methyl sites for hydroxylation is 4. The van der Waals surface area contributed by atoms with E-state index in [1.807, 2.05) is 0 Å². The van der Waals surface area contributed by atoms with Gasteiger partial charge in [0, 0.05) is 23.6 Å². The Labute approximate surface area is 213 Å². The molecule has 0 spiro atoms. The summed E-state index contributed by atoms with van der Waals surface area (Å²) in [5.74, 6) is 0.682. The number of rotatable bonds is 16. The summed E-state index contributed by atoms with van der Waals surface area (Å²) in [4.78, 5) is 8.94. The van der Waals surface area contributed by atoms with Crippen LogP contribution in [-0.4, -0.2) is 29.3 Å². The molecule has 2 N–H and O–H groups in total. The topological polar surface area (TPSA) is 65.2 Å². The van der Waals surface area contributed by atoms with Crippen molar-refractivity contribution in [1.29, 1.82) is 0 Å². The van der Waals surface area contributed by atoms with Crippen LogP contribution < -0.4 is 0 Å². The molecule has 2 aromatic rings. The predicted molar refractivity (Wildman–Crippen MR) is 151 cm³/mol. The Kier molecular flexibility index (Phi) is 13.2. The maximum absolute atomic E-state index is 10.8. The second kappa shape index (κ2) is 16.1. The average molecular weight is 479 g/mol. The Morgan fingerprint density at radius 2 is 0.943 bits per heavy atom. The summed E-state index contributed by atoms with van der Waals surface area (Å²) in [6.07, 6.45) is 16.2. The first-order valence-corrected chi connectivity index (χ1v) is 13.7. The van der Waals surface area contributed by atoms with Gasteiger partial charge in [-0.3, -0.25) is 9.98 Å². The van der Waals surface area contributed by atoms with E-state index in [2.05, 4.69) is 61.9 Å². The largest absolute Gasteiger partial charge is 0.507 e. The number of unbranched alkanes of at least 4 members (excludes halogenated alkanes) is 4. The lowest BCUT2D eigenvalue weighted by atomic mass is 9.97. The first-order chi connectivity index (χ1) is 17.0. The number of hydrogen-bond acceptors (Lipinski definition) is 4. The SMILES string of the molecule is CCCCc1cc(C=NCN=Cc2cc(CCCC)cc(CCCC)c2O)c(O)c(CCCC)c1. The first-order valence-electron chi connectivity index (χ1n) is 13.7. The lowest BCUT2D eigenvalue weighted by Gasteiger charge is -2.11. The molecule has 35 heavy (non-hydrogen) atoms. The highest BCUT2D eigenvalue weighted by molar-refractivity contribution is 5.86. The zero-order chi connectivity index (χ0) is 25.5. The Balaban J connectivity index is 2.18. The average Bonchev–Trinajstić information content (AvgIpc) is 2.86. The molecule has 0 aliphatic rings. The molecule has 0 amide bonds. The van der Waals surface area contributed by atoms with Crippen LogP contribution >= 0.6 is 0 Å². The molecule has 0 aliphatic heterocycles. The summed E-state index contributed by atoms with van der Waals surface area (Å²) in [5.41, 5.74) is 6.08. The van der Waals surface area contributed by atoms with E-state index in [1.54, 1.807) is 12.4 Å². The third kappa shape index (κ3) is 9.51. The van der Waals surface area contributed by atoms with Gasteiger partial charge in [0.2, 0.25) is 0 Å². The van der Waals surface area contributed by atoms with Crippen molar-refractivity contribution in [3.05, 3.63) is 57.6 Å². The summed E-state index contributed by atoms with van der Waals surface area (Å²) in [7, 11) is 0. The summed E-state index contributed by atoms with van der Waals surface area (Å²) in [6.45, 7) is 8.99. The molecule has 4 heteroatoms. The monoisotopic (exact) mass is 478 g/mol. The Bertz CT molecular complexity index is 885. The number of nitrogens with zero attached hydrogens (tertiary/aromatic N) is 2. The lowest BCUT2D eigenvalue weighted by molar-refractivity contribution is 0.465.